The predicted octanol–water partition coefficient (Wildman–Crippen LogP) is 1.44. The molecule has 1 heterocycles. The first kappa shape index (κ1) is 10.4. The molecule has 1 aliphatic heterocycles. The van der Waals surface area contributed by atoms with Crippen LogP contribution in [0.5, 0.6) is 0 Å². The van der Waals surface area contributed by atoms with Gasteiger partial charge in [-0.3, -0.25) is 0 Å². The van der Waals surface area contributed by atoms with Crippen molar-refractivity contribution in [2.45, 2.75) is 32.2 Å². The smallest absolute Gasteiger partial charge is 0.195 e. The van der Waals surface area contributed by atoms with E-state index in [9.17, 15) is 0 Å². The molecule has 12 heavy (non-hydrogen) atoms. The van der Waals surface area contributed by atoms with Crippen LogP contribution in [0.15, 0.2) is 0 Å². The van der Waals surface area contributed by atoms with Gasteiger partial charge in [0, 0.05) is 13.5 Å². The molecule has 1 aliphatic rings. The van der Waals surface area contributed by atoms with E-state index in [0.717, 1.165) is 12.8 Å². The van der Waals surface area contributed by atoms with E-state index in [1.807, 2.05) is 6.92 Å². The third kappa shape index (κ3) is 3.33. The Hall–Kier alpha value is 0.270. The second kappa shape index (κ2) is 5.10. The molecule has 0 saturated carbocycles. The molecule has 3 atom stereocenters. The van der Waals surface area contributed by atoms with E-state index < -0.39 is 8.38 Å². The van der Waals surface area contributed by atoms with E-state index in [1.165, 1.54) is 7.11 Å². The van der Waals surface area contributed by atoms with Gasteiger partial charge in [0.1, 0.15) is 6.35 Å². The highest BCUT2D eigenvalue weighted by molar-refractivity contribution is 7.45. The summed E-state index contributed by atoms with van der Waals surface area (Å²) in [5.74, 6) is 0. The number of ether oxygens (including phenoxy) is 2. The Morgan fingerprint density at radius 2 is 2.33 bits per heavy atom. The maximum Gasteiger partial charge on any atom is 0.195 e. The van der Waals surface area contributed by atoms with Crippen LogP contribution in [0.4, 0.5) is 0 Å². The Labute approximate surface area is 73.7 Å². The molecule has 0 spiro atoms. The summed E-state index contributed by atoms with van der Waals surface area (Å²) in [6.45, 7) is 2.02. The van der Waals surface area contributed by atoms with Crippen LogP contribution in [0, 0.1) is 0 Å². The summed E-state index contributed by atoms with van der Waals surface area (Å²) in [6, 6.07) is 0. The van der Waals surface area contributed by atoms with E-state index in [4.69, 9.17) is 14.4 Å². The monoisotopic (exact) mass is 194 g/mol. The molecule has 0 aliphatic carbocycles. The summed E-state index contributed by atoms with van der Waals surface area (Å²) >= 11 is 0. The van der Waals surface area contributed by atoms with Crippen molar-refractivity contribution in [1.82, 2.24) is 0 Å². The molecule has 0 radical (unpaired) electrons. The summed E-state index contributed by atoms with van der Waals surface area (Å²) < 4.78 is 15.3. The highest BCUT2D eigenvalue weighted by atomic mass is 31.2. The first-order valence-corrected chi connectivity index (χ1v) is 5.39. The molecular formula is C7H15O4P. The van der Waals surface area contributed by atoms with E-state index in [2.05, 4.69) is 4.52 Å². The van der Waals surface area contributed by atoms with Gasteiger partial charge in [-0.1, -0.05) is 0 Å². The molecule has 0 bridgehead atoms. The van der Waals surface area contributed by atoms with Crippen LogP contribution in [0.1, 0.15) is 19.8 Å². The predicted molar refractivity (Wildman–Crippen MR) is 45.7 cm³/mol. The lowest BCUT2D eigenvalue weighted by atomic mass is 10.3. The van der Waals surface area contributed by atoms with Gasteiger partial charge in [-0.2, -0.15) is 0 Å². The zero-order chi connectivity index (χ0) is 8.97. The van der Waals surface area contributed by atoms with Gasteiger partial charge in [0.15, 0.2) is 14.7 Å². The summed E-state index contributed by atoms with van der Waals surface area (Å²) in [4.78, 5) is 9.05. The number of rotatable bonds is 4. The molecule has 1 rings (SSSR count). The Morgan fingerprint density at radius 3 is 2.83 bits per heavy atom. The van der Waals surface area contributed by atoms with Gasteiger partial charge in [0.05, 0.1) is 6.10 Å². The van der Waals surface area contributed by atoms with Crippen LogP contribution >= 0.6 is 8.38 Å². The largest absolute Gasteiger partial charge is 0.350 e. The molecule has 4 nitrogen and oxygen atoms in total. The molecule has 1 N–H and O–H groups in total. The third-order valence-electron chi connectivity index (χ3n) is 1.77. The van der Waals surface area contributed by atoms with Crippen LogP contribution in [0.3, 0.4) is 0 Å². The molecule has 0 aromatic carbocycles. The molecule has 1 saturated heterocycles. The first-order valence-electron chi connectivity index (χ1n) is 4.00. The second-order valence-electron chi connectivity index (χ2n) is 2.78. The topological polar surface area (TPSA) is 47.9 Å². The van der Waals surface area contributed by atoms with Gasteiger partial charge in [-0.25, -0.2) is 0 Å². The van der Waals surface area contributed by atoms with Crippen LogP contribution in [0.25, 0.3) is 0 Å². The lowest BCUT2D eigenvalue weighted by Gasteiger charge is -2.13. The highest BCUT2D eigenvalue weighted by Gasteiger charge is 2.22. The van der Waals surface area contributed by atoms with Crippen molar-refractivity contribution in [2.75, 3.05) is 13.5 Å². The van der Waals surface area contributed by atoms with Gasteiger partial charge < -0.3 is 18.9 Å². The maximum absolute atomic E-state index is 9.05. The highest BCUT2D eigenvalue weighted by Crippen LogP contribution is 2.31. The minimum Gasteiger partial charge on any atom is -0.350 e. The fourth-order valence-electron chi connectivity index (χ4n) is 1.09. The van der Waals surface area contributed by atoms with E-state index in [0.29, 0.717) is 0 Å². The third-order valence-corrected chi connectivity index (χ3v) is 2.57. The van der Waals surface area contributed by atoms with Gasteiger partial charge >= 0.3 is 0 Å². The Morgan fingerprint density at radius 1 is 1.58 bits per heavy atom. The van der Waals surface area contributed by atoms with Crippen molar-refractivity contribution in [2.24, 2.45) is 0 Å². The van der Waals surface area contributed by atoms with Crippen molar-refractivity contribution in [3.63, 3.8) is 0 Å². The molecule has 0 amide bonds. The molecule has 72 valence electrons. The Bertz CT molecular complexity index is 133. The molecule has 1 fully saturated rings. The fourth-order valence-corrected chi connectivity index (χ4v) is 1.49. The number of hydrogen-bond acceptors (Lipinski definition) is 4. The molecule has 2 unspecified atom stereocenters. The lowest BCUT2D eigenvalue weighted by Crippen LogP contribution is -2.13. The average molecular weight is 194 g/mol. The van der Waals surface area contributed by atoms with Crippen molar-refractivity contribution in [1.29, 1.82) is 0 Å². The fraction of sp³-hybridized carbons (Fsp3) is 1.00. The van der Waals surface area contributed by atoms with Crippen LogP contribution in [-0.4, -0.2) is 30.7 Å². The average Bonchev–Trinajstić information content (AvgIpc) is 2.47. The minimum atomic E-state index is -1.41. The van der Waals surface area contributed by atoms with Crippen molar-refractivity contribution in [3.05, 3.63) is 0 Å². The molecule has 0 aromatic heterocycles. The maximum atomic E-state index is 9.05. The van der Waals surface area contributed by atoms with Gasteiger partial charge in [0.25, 0.3) is 0 Å². The first-order chi connectivity index (χ1) is 5.72. The van der Waals surface area contributed by atoms with Crippen LogP contribution < -0.4 is 0 Å². The van der Waals surface area contributed by atoms with E-state index >= 15 is 0 Å². The van der Waals surface area contributed by atoms with Crippen molar-refractivity contribution in [3.8, 4) is 0 Å². The standard InChI is InChI=1S/C7H15O4P/c1-6-3-4-7(11-6)10-5-12(8)9-2/h6-8H,3-5H2,1-2H3/t6?,7-,12?/m0/s1. The van der Waals surface area contributed by atoms with E-state index in [1.54, 1.807) is 0 Å². The summed E-state index contributed by atoms with van der Waals surface area (Å²) in [6.07, 6.45) is 2.31. The molecular weight excluding hydrogens is 179 g/mol. The second-order valence-corrected chi connectivity index (χ2v) is 4.11. The molecule has 0 aromatic rings. The zero-order valence-electron chi connectivity index (χ0n) is 7.40. The number of hydrogen-bond donors (Lipinski definition) is 1. The van der Waals surface area contributed by atoms with Gasteiger partial charge in [-0.05, 0) is 13.3 Å². The minimum absolute atomic E-state index is 0.146. The Balaban J connectivity index is 2.07. The summed E-state index contributed by atoms with van der Waals surface area (Å²) in [7, 11) is 0.0545. The van der Waals surface area contributed by atoms with Crippen molar-refractivity contribution < 1.29 is 18.9 Å². The van der Waals surface area contributed by atoms with Gasteiger partial charge in [0.2, 0.25) is 0 Å². The SMILES string of the molecule is COP(O)CO[C@@H]1CCC(C)O1. The van der Waals surface area contributed by atoms with E-state index in [-0.39, 0.29) is 18.7 Å². The summed E-state index contributed by atoms with van der Waals surface area (Å²) in [5.41, 5.74) is 0. The zero-order valence-corrected chi connectivity index (χ0v) is 8.29. The molecule has 5 heteroatoms. The normalized spacial score (nSPS) is 32.2. The van der Waals surface area contributed by atoms with Gasteiger partial charge in [-0.15, -0.1) is 0 Å². The van der Waals surface area contributed by atoms with Crippen LogP contribution in [0.2, 0.25) is 0 Å². The lowest BCUT2D eigenvalue weighted by molar-refractivity contribution is -0.118. The van der Waals surface area contributed by atoms with Crippen molar-refractivity contribution >= 4 is 8.38 Å². The quantitative estimate of drug-likeness (QED) is 0.688. The van der Waals surface area contributed by atoms with Crippen LogP contribution in [-0.2, 0) is 14.0 Å². The Kier molecular flexibility index (Phi) is 4.40. The summed E-state index contributed by atoms with van der Waals surface area (Å²) in [5, 5.41) is 0.